The van der Waals surface area contributed by atoms with Crippen molar-refractivity contribution in [3.63, 3.8) is 0 Å². The highest BCUT2D eigenvalue weighted by Crippen LogP contribution is 2.26. The minimum atomic E-state index is -1.16. The number of benzene rings is 2. The van der Waals surface area contributed by atoms with Gasteiger partial charge in [0.25, 0.3) is 0 Å². The Kier molecular flexibility index (Phi) is 4.35. The van der Waals surface area contributed by atoms with E-state index in [1.54, 1.807) is 0 Å². The second-order valence-corrected chi connectivity index (χ2v) is 4.49. The summed E-state index contributed by atoms with van der Waals surface area (Å²) in [4.78, 5) is 22.2. The first-order valence-corrected chi connectivity index (χ1v) is 6.31. The van der Waals surface area contributed by atoms with Gasteiger partial charge in [-0.1, -0.05) is 11.8 Å². The SMILES string of the molecule is C#Cc1cc(Oc2cc(C#C)cc(C(=O)O)c2)cc(C(=O)O)c1. The molecule has 0 heterocycles. The molecule has 0 aliphatic heterocycles. The van der Waals surface area contributed by atoms with Gasteiger partial charge in [-0.25, -0.2) is 9.59 Å². The summed E-state index contributed by atoms with van der Waals surface area (Å²) >= 11 is 0. The third-order valence-electron chi connectivity index (χ3n) is 2.88. The summed E-state index contributed by atoms with van der Waals surface area (Å²) in [5.41, 5.74) is 0.571. The van der Waals surface area contributed by atoms with Crippen LogP contribution in [0.5, 0.6) is 11.5 Å². The fourth-order valence-electron chi connectivity index (χ4n) is 1.87. The van der Waals surface area contributed by atoms with Crippen LogP contribution in [0.3, 0.4) is 0 Å². The van der Waals surface area contributed by atoms with Gasteiger partial charge in [-0.05, 0) is 36.4 Å². The Bertz CT molecular complexity index is 808. The highest BCUT2D eigenvalue weighted by Gasteiger charge is 2.11. The highest BCUT2D eigenvalue weighted by molar-refractivity contribution is 5.89. The van der Waals surface area contributed by atoms with E-state index in [1.807, 2.05) is 0 Å². The second kappa shape index (κ2) is 6.38. The number of terminal acetylenes is 2. The van der Waals surface area contributed by atoms with E-state index in [1.165, 1.54) is 36.4 Å². The van der Waals surface area contributed by atoms with Crippen molar-refractivity contribution in [3.8, 4) is 36.2 Å². The van der Waals surface area contributed by atoms with Gasteiger partial charge in [0.2, 0.25) is 0 Å². The summed E-state index contributed by atoms with van der Waals surface area (Å²) in [5.74, 6) is 2.69. The van der Waals surface area contributed by atoms with E-state index >= 15 is 0 Å². The van der Waals surface area contributed by atoms with E-state index in [2.05, 4.69) is 11.8 Å². The zero-order valence-electron chi connectivity index (χ0n) is 11.7. The molecular weight excluding hydrogens is 296 g/mol. The number of carboxylic acid groups (broad SMARTS) is 2. The van der Waals surface area contributed by atoms with Gasteiger partial charge >= 0.3 is 11.9 Å². The molecule has 0 saturated heterocycles. The Morgan fingerprint density at radius 2 is 1.17 bits per heavy atom. The summed E-state index contributed by atoms with van der Waals surface area (Å²) in [6.45, 7) is 0. The molecule has 0 radical (unpaired) electrons. The Hall–Kier alpha value is -3.70. The van der Waals surface area contributed by atoms with Crippen molar-refractivity contribution in [1.29, 1.82) is 0 Å². The number of aromatic carboxylic acids is 2. The third kappa shape index (κ3) is 3.69. The maximum atomic E-state index is 11.1. The standard InChI is InChI=1S/C18H10O5/c1-3-11-5-13(17(19)20)9-15(7-11)23-16-8-12(4-2)6-14(10-16)18(21)22/h1-2,5-10H,(H,19,20)(H,21,22). The maximum absolute atomic E-state index is 11.1. The molecule has 0 spiro atoms. The van der Waals surface area contributed by atoms with Crippen molar-refractivity contribution in [1.82, 2.24) is 0 Å². The van der Waals surface area contributed by atoms with E-state index in [9.17, 15) is 9.59 Å². The molecule has 2 aromatic rings. The first-order valence-electron chi connectivity index (χ1n) is 6.31. The molecule has 2 rings (SSSR count). The monoisotopic (exact) mass is 306 g/mol. The van der Waals surface area contributed by atoms with Gasteiger partial charge in [0.15, 0.2) is 0 Å². The molecule has 0 saturated carbocycles. The van der Waals surface area contributed by atoms with Crippen molar-refractivity contribution >= 4 is 11.9 Å². The van der Waals surface area contributed by atoms with Crippen molar-refractivity contribution in [2.24, 2.45) is 0 Å². The van der Waals surface area contributed by atoms with Crippen LogP contribution in [-0.4, -0.2) is 22.2 Å². The maximum Gasteiger partial charge on any atom is 0.335 e. The fourth-order valence-corrected chi connectivity index (χ4v) is 1.87. The quantitative estimate of drug-likeness (QED) is 0.849. The molecule has 112 valence electrons. The molecule has 5 heteroatoms. The summed E-state index contributed by atoms with van der Waals surface area (Å²) in [6, 6.07) is 8.16. The largest absolute Gasteiger partial charge is 0.478 e. The Labute approximate surface area is 132 Å². The number of ether oxygens (including phenoxy) is 1. The molecule has 0 bridgehead atoms. The average molecular weight is 306 g/mol. The summed E-state index contributed by atoms with van der Waals surface area (Å²) in [7, 11) is 0. The predicted molar refractivity (Wildman–Crippen MR) is 82.7 cm³/mol. The number of carboxylic acids is 2. The van der Waals surface area contributed by atoms with Gasteiger partial charge in [0.05, 0.1) is 11.1 Å². The lowest BCUT2D eigenvalue weighted by molar-refractivity contribution is 0.0686. The lowest BCUT2D eigenvalue weighted by Crippen LogP contribution is -2.00. The topological polar surface area (TPSA) is 83.8 Å². The van der Waals surface area contributed by atoms with Crippen LogP contribution in [0.4, 0.5) is 0 Å². The van der Waals surface area contributed by atoms with Gasteiger partial charge in [-0.15, -0.1) is 12.8 Å². The van der Waals surface area contributed by atoms with Crippen LogP contribution < -0.4 is 4.74 Å². The number of hydrogen-bond acceptors (Lipinski definition) is 3. The smallest absolute Gasteiger partial charge is 0.335 e. The molecule has 0 amide bonds. The van der Waals surface area contributed by atoms with Gasteiger partial charge in [0, 0.05) is 11.1 Å². The van der Waals surface area contributed by atoms with Crippen LogP contribution in [0.2, 0.25) is 0 Å². The number of carbonyl (C=O) groups is 2. The Morgan fingerprint density at radius 3 is 1.48 bits per heavy atom. The van der Waals surface area contributed by atoms with Crippen LogP contribution in [0.25, 0.3) is 0 Å². The van der Waals surface area contributed by atoms with Crippen LogP contribution in [-0.2, 0) is 0 Å². The zero-order chi connectivity index (χ0) is 17.0. The Morgan fingerprint density at radius 1 is 0.783 bits per heavy atom. The first-order chi connectivity index (χ1) is 10.9. The predicted octanol–water partition coefficient (Wildman–Crippen LogP) is 2.84. The van der Waals surface area contributed by atoms with E-state index in [0.29, 0.717) is 11.1 Å². The van der Waals surface area contributed by atoms with Gasteiger partial charge in [-0.3, -0.25) is 0 Å². The molecule has 0 fully saturated rings. The molecule has 0 atom stereocenters. The summed E-state index contributed by atoms with van der Waals surface area (Å²) in [5, 5.41) is 18.1. The van der Waals surface area contributed by atoms with Crippen LogP contribution >= 0.6 is 0 Å². The highest BCUT2D eigenvalue weighted by atomic mass is 16.5. The molecule has 23 heavy (non-hydrogen) atoms. The minimum Gasteiger partial charge on any atom is -0.478 e. The zero-order valence-corrected chi connectivity index (χ0v) is 11.7. The van der Waals surface area contributed by atoms with E-state index in [0.717, 1.165) is 0 Å². The normalized spacial score (nSPS) is 9.48. The number of rotatable bonds is 4. The van der Waals surface area contributed by atoms with Crippen molar-refractivity contribution in [3.05, 3.63) is 58.7 Å². The minimum absolute atomic E-state index is 0.0398. The number of hydrogen-bond donors (Lipinski definition) is 2. The molecule has 2 N–H and O–H groups in total. The van der Waals surface area contributed by atoms with Crippen molar-refractivity contribution in [2.45, 2.75) is 0 Å². The molecule has 5 nitrogen and oxygen atoms in total. The molecular formula is C18H10O5. The lowest BCUT2D eigenvalue weighted by Gasteiger charge is -2.09. The summed E-state index contributed by atoms with van der Waals surface area (Å²) < 4.78 is 5.53. The molecule has 0 unspecified atom stereocenters. The fraction of sp³-hybridized carbons (Fsp3) is 0. The summed E-state index contributed by atoms with van der Waals surface area (Å²) in [6.07, 6.45) is 10.6. The van der Waals surface area contributed by atoms with Crippen molar-refractivity contribution in [2.75, 3.05) is 0 Å². The third-order valence-corrected chi connectivity index (χ3v) is 2.88. The Balaban J connectivity index is 2.47. The van der Waals surface area contributed by atoms with Crippen molar-refractivity contribution < 1.29 is 24.5 Å². The molecule has 2 aromatic carbocycles. The van der Waals surface area contributed by atoms with Crippen LogP contribution in [0.15, 0.2) is 36.4 Å². The second-order valence-electron chi connectivity index (χ2n) is 4.49. The van der Waals surface area contributed by atoms with E-state index in [-0.39, 0.29) is 22.6 Å². The molecule has 0 aromatic heterocycles. The van der Waals surface area contributed by atoms with E-state index < -0.39 is 11.9 Å². The van der Waals surface area contributed by atoms with Crippen LogP contribution in [0.1, 0.15) is 31.8 Å². The van der Waals surface area contributed by atoms with Gasteiger partial charge in [0.1, 0.15) is 11.5 Å². The van der Waals surface area contributed by atoms with E-state index in [4.69, 9.17) is 27.8 Å². The van der Waals surface area contributed by atoms with Crippen LogP contribution in [0, 0.1) is 24.7 Å². The first kappa shape index (κ1) is 15.7. The lowest BCUT2D eigenvalue weighted by atomic mass is 10.1. The van der Waals surface area contributed by atoms with Gasteiger partial charge in [-0.2, -0.15) is 0 Å². The van der Waals surface area contributed by atoms with Gasteiger partial charge < -0.3 is 14.9 Å². The average Bonchev–Trinajstić information content (AvgIpc) is 2.53. The molecule has 0 aliphatic carbocycles. The molecule has 0 aliphatic rings.